The number of guanidine groups is 1. The lowest BCUT2D eigenvalue weighted by atomic mass is 10.1. The number of piperidine rings is 1. The topological polar surface area (TPSA) is 71.0 Å². The van der Waals surface area contributed by atoms with Crippen molar-refractivity contribution in [1.82, 2.24) is 15.6 Å². The number of halogens is 1. The number of rotatable bonds is 8. The van der Waals surface area contributed by atoms with Crippen molar-refractivity contribution < 1.29 is 9.47 Å². The van der Waals surface area contributed by atoms with Crippen LogP contribution >= 0.6 is 24.0 Å². The summed E-state index contributed by atoms with van der Waals surface area (Å²) < 4.78 is 10.8. The second kappa shape index (κ2) is 13.2. The fourth-order valence-electron chi connectivity index (χ4n) is 3.54. The third-order valence-electron chi connectivity index (χ3n) is 5.19. The average Bonchev–Trinajstić information content (AvgIpc) is 2.81. The van der Waals surface area contributed by atoms with Gasteiger partial charge in [0, 0.05) is 44.0 Å². The Morgan fingerprint density at radius 1 is 1.06 bits per heavy atom. The first-order chi connectivity index (χ1) is 14.7. The number of aromatic nitrogens is 1. The Hall–Kier alpha value is -2.23. The van der Waals surface area contributed by atoms with E-state index < -0.39 is 0 Å². The SMILES string of the molecule is CCNC(=NCc1ccnc(N2CCCCC2)c1)NCc1ccc(OC)cc1OC.I. The summed E-state index contributed by atoms with van der Waals surface area (Å²) >= 11 is 0. The van der Waals surface area contributed by atoms with Gasteiger partial charge in [-0.2, -0.15) is 0 Å². The number of hydrogen-bond donors (Lipinski definition) is 2. The van der Waals surface area contributed by atoms with Crippen molar-refractivity contribution in [3.05, 3.63) is 47.7 Å². The van der Waals surface area contributed by atoms with Gasteiger partial charge in [-0.05, 0) is 56.0 Å². The maximum absolute atomic E-state index is 5.49. The zero-order valence-corrected chi connectivity index (χ0v) is 21.0. The predicted octanol–water partition coefficient (Wildman–Crippen LogP) is 3.96. The number of hydrogen-bond acceptors (Lipinski definition) is 5. The summed E-state index contributed by atoms with van der Waals surface area (Å²) in [5.41, 5.74) is 2.20. The monoisotopic (exact) mass is 539 g/mol. The van der Waals surface area contributed by atoms with Crippen molar-refractivity contribution in [2.24, 2.45) is 4.99 Å². The minimum absolute atomic E-state index is 0. The van der Waals surface area contributed by atoms with E-state index in [4.69, 9.17) is 14.5 Å². The molecular weight excluding hydrogens is 505 g/mol. The van der Waals surface area contributed by atoms with Gasteiger partial charge in [0.15, 0.2) is 5.96 Å². The van der Waals surface area contributed by atoms with Crippen LogP contribution in [0.15, 0.2) is 41.5 Å². The lowest BCUT2D eigenvalue weighted by molar-refractivity contribution is 0.390. The first-order valence-electron chi connectivity index (χ1n) is 10.7. The van der Waals surface area contributed by atoms with Gasteiger partial charge in [-0.3, -0.25) is 0 Å². The molecule has 1 aliphatic rings. The summed E-state index contributed by atoms with van der Waals surface area (Å²) in [6, 6.07) is 10.0. The molecule has 1 saturated heterocycles. The van der Waals surface area contributed by atoms with E-state index in [0.717, 1.165) is 54.0 Å². The van der Waals surface area contributed by atoms with E-state index in [-0.39, 0.29) is 24.0 Å². The summed E-state index contributed by atoms with van der Waals surface area (Å²) in [7, 11) is 3.32. The molecule has 2 heterocycles. The van der Waals surface area contributed by atoms with Crippen LogP contribution in [0.4, 0.5) is 5.82 Å². The van der Waals surface area contributed by atoms with Gasteiger partial charge in [0.05, 0.1) is 20.8 Å². The molecule has 0 amide bonds. The zero-order valence-electron chi connectivity index (χ0n) is 18.7. The summed E-state index contributed by atoms with van der Waals surface area (Å²) in [5, 5.41) is 6.70. The molecule has 1 aromatic heterocycles. The number of aliphatic imine (C=N–C) groups is 1. The normalized spacial score (nSPS) is 13.9. The second-order valence-electron chi connectivity index (χ2n) is 7.30. The number of nitrogens with zero attached hydrogens (tertiary/aromatic N) is 3. The van der Waals surface area contributed by atoms with Crippen molar-refractivity contribution >= 4 is 35.8 Å². The molecule has 3 rings (SSSR count). The highest BCUT2D eigenvalue weighted by Gasteiger charge is 2.12. The average molecular weight is 539 g/mol. The Labute approximate surface area is 202 Å². The van der Waals surface area contributed by atoms with Crippen LogP contribution in [0.25, 0.3) is 0 Å². The van der Waals surface area contributed by atoms with E-state index in [1.54, 1.807) is 14.2 Å². The zero-order chi connectivity index (χ0) is 21.2. The van der Waals surface area contributed by atoms with Crippen LogP contribution in [-0.2, 0) is 13.1 Å². The van der Waals surface area contributed by atoms with Gasteiger partial charge in [-0.1, -0.05) is 0 Å². The summed E-state index contributed by atoms with van der Waals surface area (Å²) in [6.07, 6.45) is 5.69. The largest absolute Gasteiger partial charge is 0.497 e. The van der Waals surface area contributed by atoms with Gasteiger partial charge in [0.25, 0.3) is 0 Å². The molecule has 2 N–H and O–H groups in total. The predicted molar refractivity (Wildman–Crippen MR) is 137 cm³/mol. The van der Waals surface area contributed by atoms with E-state index in [9.17, 15) is 0 Å². The van der Waals surface area contributed by atoms with Gasteiger partial charge in [0.2, 0.25) is 0 Å². The molecule has 170 valence electrons. The number of nitrogens with one attached hydrogen (secondary N) is 2. The molecule has 0 aliphatic carbocycles. The Bertz CT molecular complexity index is 840. The van der Waals surface area contributed by atoms with Gasteiger partial charge >= 0.3 is 0 Å². The third kappa shape index (κ3) is 7.45. The summed E-state index contributed by atoms with van der Waals surface area (Å²) in [6.45, 7) is 6.24. The minimum atomic E-state index is 0. The Morgan fingerprint density at radius 3 is 2.58 bits per heavy atom. The van der Waals surface area contributed by atoms with Crippen molar-refractivity contribution in [1.29, 1.82) is 0 Å². The molecule has 8 heteroatoms. The second-order valence-corrected chi connectivity index (χ2v) is 7.30. The fraction of sp³-hybridized carbons (Fsp3) is 0.478. The molecule has 0 bridgehead atoms. The highest BCUT2D eigenvalue weighted by molar-refractivity contribution is 14.0. The van der Waals surface area contributed by atoms with E-state index >= 15 is 0 Å². The molecule has 31 heavy (non-hydrogen) atoms. The number of benzene rings is 1. The molecule has 0 saturated carbocycles. The van der Waals surface area contributed by atoms with Gasteiger partial charge < -0.3 is 25.0 Å². The van der Waals surface area contributed by atoms with Gasteiger partial charge in [-0.25, -0.2) is 9.98 Å². The molecule has 7 nitrogen and oxygen atoms in total. The molecule has 0 radical (unpaired) electrons. The van der Waals surface area contributed by atoms with Crippen LogP contribution in [0.1, 0.15) is 37.3 Å². The molecule has 0 atom stereocenters. The Kier molecular flexibility index (Phi) is 10.7. The van der Waals surface area contributed by atoms with Crippen LogP contribution in [0, 0.1) is 0 Å². The fourth-order valence-corrected chi connectivity index (χ4v) is 3.54. The Balaban J connectivity index is 0.00000341. The van der Waals surface area contributed by atoms with E-state index in [1.165, 1.54) is 19.3 Å². The lowest BCUT2D eigenvalue weighted by Gasteiger charge is -2.27. The molecular formula is C23H34IN5O2. The maximum Gasteiger partial charge on any atom is 0.191 e. The van der Waals surface area contributed by atoms with Crippen LogP contribution in [0.2, 0.25) is 0 Å². The van der Waals surface area contributed by atoms with Crippen LogP contribution in [0.3, 0.4) is 0 Å². The first kappa shape index (κ1) is 25.0. The summed E-state index contributed by atoms with van der Waals surface area (Å²) in [4.78, 5) is 11.7. The molecule has 1 fully saturated rings. The third-order valence-corrected chi connectivity index (χ3v) is 5.19. The van der Waals surface area contributed by atoms with Crippen molar-refractivity contribution in [2.45, 2.75) is 39.3 Å². The van der Waals surface area contributed by atoms with Crippen LogP contribution < -0.4 is 25.0 Å². The first-order valence-corrected chi connectivity index (χ1v) is 10.7. The van der Waals surface area contributed by atoms with Crippen molar-refractivity contribution in [3.63, 3.8) is 0 Å². The maximum atomic E-state index is 5.49. The van der Waals surface area contributed by atoms with Crippen molar-refractivity contribution in [3.8, 4) is 11.5 Å². The van der Waals surface area contributed by atoms with Gasteiger partial charge in [-0.15, -0.1) is 24.0 Å². The standard InChI is InChI=1S/C23H33N5O2.HI/c1-4-24-23(27-17-19-8-9-20(29-2)15-21(19)30-3)26-16-18-10-11-25-22(14-18)28-12-6-5-7-13-28;/h8-11,14-15H,4-7,12-13,16-17H2,1-3H3,(H2,24,26,27);1H. The quantitative estimate of drug-likeness (QED) is 0.301. The van der Waals surface area contributed by atoms with Gasteiger partial charge in [0.1, 0.15) is 17.3 Å². The van der Waals surface area contributed by atoms with E-state index in [1.807, 2.05) is 30.5 Å². The number of anilines is 1. The minimum Gasteiger partial charge on any atom is -0.497 e. The molecule has 2 aromatic rings. The summed E-state index contributed by atoms with van der Waals surface area (Å²) in [5.74, 6) is 3.39. The van der Waals surface area contributed by atoms with Crippen LogP contribution in [-0.4, -0.2) is 44.8 Å². The van der Waals surface area contributed by atoms with Crippen LogP contribution in [0.5, 0.6) is 11.5 Å². The Morgan fingerprint density at radius 2 is 1.87 bits per heavy atom. The lowest BCUT2D eigenvalue weighted by Crippen LogP contribution is -2.36. The molecule has 1 aromatic carbocycles. The highest BCUT2D eigenvalue weighted by Crippen LogP contribution is 2.24. The van der Waals surface area contributed by atoms with E-state index in [2.05, 4.69) is 33.5 Å². The highest BCUT2D eigenvalue weighted by atomic mass is 127. The van der Waals surface area contributed by atoms with E-state index in [0.29, 0.717) is 13.1 Å². The smallest absolute Gasteiger partial charge is 0.191 e. The molecule has 0 spiro atoms. The number of methoxy groups -OCH3 is 2. The molecule has 0 unspecified atom stereocenters. The van der Waals surface area contributed by atoms with Crippen molar-refractivity contribution in [2.75, 3.05) is 38.8 Å². The number of pyridine rings is 1. The number of ether oxygens (including phenoxy) is 2. The molecule has 1 aliphatic heterocycles.